The van der Waals surface area contributed by atoms with E-state index in [-0.39, 0.29) is 11.8 Å². The number of fused-ring (bicyclic) bond motifs is 1. The molecule has 3 heterocycles. The summed E-state index contributed by atoms with van der Waals surface area (Å²) in [6, 6.07) is 12.7. The Kier molecular flexibility index (Phi) is 5.84. The Labute approximate surface area is 203 Å². The van der Waals surface area contributed by atoms with Crippen molar-refractivity contribution in [1.29, 1.82) is 0 Å². The Morgan fingerprint density at radius 3 is 2.34 bits per heavy atom. The summed E-state index contributed by atoms with van der Waals surface area (Å²) in [6.45, 7) is 9.96. The normalized spacial score (nSPS) is 14.0. The van der Waals surface area contributed by atoms with E-state index in [0.29, 0.717) is 37.4 Å². The summed E-state index contributed by atoms with van der Waals surface area (Å²) in [5.74, 6) is 0.384. The predicted octanol–water partition coefficient (Wildman–Crippen LogP) is 4.54. The van der Waals surface area contributed by atoms with E-state index in [2.05, 4.69) is 51.6 Å². The van der Waals surface area contributed by atoms with E-state index < -0.39 is 0 Å². The number of urea groups is 1. The van der Waals surface area contributed by atoms with Gasteiger partial charge in [-0.2, -0.15) is 10.2 Å². The van der Waals surface area contributed by atoms with Crippen molar-refractivity contribution in [3.63, 3.8) is 0 Å². The summed E-state index contributed by atoms with van der Waals surface area (Å²) in [6.07, 6.45) is 0. The molecule has 0 bridgehead atoms. The molecule has 35 heavy (non-hydrogen) atoms. The number of carbonyl (C=O) groups is 1. The molecule has 1 aliphatic heterocycles. The van der Waals surface area contributed by atoms with Crippen LogP contribution in [-0.4, -0.2) is 57.1 Å². The fourth-order valence-electron chi connectivity index (χ4n) is 4.46. The minimum absolute atomic E-state index is 0.243. The molecule has 0 unspecified atom stereocenters. The zero-order valence-corrected chi connectivity index (χ0v) is 20.3. The van der Waals surface area contributed by atoms with E-state index in [0.717, 1.165) is 33.8 Å². The van der Waals surface area contributed by atoms with Gasteiger partial charge < -0.3 is 15.1 Å². The van der Waals surface area contributed by atoms with Crippen LogP contribution in [0.2, 0.25) is 0 Å². The number of nitrogens with zero attached hydrogens (tertiary/aromatic N) is 6. The van der Waals surface area contributed by atoms with Crippen LogP contribution in [0.3, 0.4) is 0 Å². The molecule has 5 rings (SSSR count). The van der Waals surface area contributed by atoms with Crippen LogP contribution in [0.15, 0.2) is 42.5 Å². The monoisotopic (exact) mass is 473 g/mol. The zero-order valence-electron chi connectivity index (χ0n) is 20.3. The van der Waals surface area contributed by atoms with Crippen molar-refractivity contribution < 1.29 is 9.18 Å². The lowest BCUT2D eigenvalue weighted by atomic mass is 10.2. The Bertz CT molecular complexity index is 1410. The topological polar surface area (TPSA) is 79.2 Å². The zero-order chi connectivity index (χ0) is 24.7. The molecular formula is C26H28FN7O. The molecule has 8 nitrogen and oxygen atoms in total. The van der Waals surface area contributed by atoms with Gasteiger partial charge in [0.25, 0.3) is 0 Å². The number of amides is 2. The first-order chi connectivity index (χ1) is 16.8. The van der Waals surface area contributed by atoms with Gasteiger partial charge in [-0.1, -0.05) is 23.8 Å². The second kappa shape index (κ2) is 8.98. The maximum Gasteiger partial charge on any atom is 0.321 e. The number of aromatic nitrogens is 4. The molecule has 0 saturated carbocycles. The Morgan fingerprint density at radius 2 is 1.66 bits per heavy atom. The van der Waals surface area contributed by atoms with Crippen molar-refractivity contribution in [3.8, 4) is 5.69 Å². The highest BCUT2D eigenvalue weighted by atomic mass is 19.1. The first kappa shape index (κ1) is 22.8. The van der Waals surface area contributed by atoms with Crippen LogP contribution in [0.25, 0.3) is 16.6 Å². The van der Waals surface area contributed by atoms with Crippen LogP contribution in [0.4, 0.5) is 20.7 Å². The maximum absolute atomic E-state index is 13.8. The lowest BCUT2D eigenvalue weighted by Crippen LogP contribution is -2.50. The molecule has 1 saturated heterocycles. The molecule has 180 valence electrons. The summed E-state index contributed by atoms with van der Waals surface area (Å²) in [5.41, 5.74) is 5.83. The highest BCUT2D eigenvalue weighted by molar-refractivity contribution is 5.93. The predicted molar refractivity (Wildman–Crippen MR) is 135 cm³/mol. The number of piperazine rings is 1. The molecule has 2 aromatic heterocycles. The van der Waals surface area contributed by atoms with E-state index >= 15 is 0 Å². The second-order valence-corrected chi connectivity index (χ2v) is 9.03. The van der Waals surface area contributed by atoms with E-state index in [4.69, 9.17) is 5.10 Å². The highest BCUT2D eigenvalue weighted by Crippen LogP contribution is 2.30. The number of hydrogen-bond acceptors (Lipinski definition) is 5. The van der Waals surface area contributed by atoms with Crippen molar-refractivity contribution >= 4 is 28.4 Å². The van der Waals surface area contributed by atoms with Crippen LogP contribution in [0.5, 0.6) is 0 Å². The van der Waals surface area contributed by atoms with Gasteiger partial charge in [0.05, 0.1) is 22.5 Å². The minimum Gasteiger partial charge on any atom is -0.350 e. The molecule has 4 aromatic rings. The van der Waals surface area contributed by atoms with Gasteiger partial charge in [0.15, 0.2) is 5.82 Å². The molecule has 0 aliphatic carbocycles. The van der Waals surface area contributed by atoms with Crippen molar-refractivity contribution in [3.05, 3.63) is 70.8 Å². The summed E-state index contributed by atoms with van der Waals surface area (Å²) < 4.78 is 15.8. The number of benzene rings is 2. The van der Waals surface area contributed by atoms with E-state index in [1.807, 2.05) is 18.5 Å². The number of anilines is 2. The van der Waals surface area contributed by atoms with Gasteiger partial charge in [0, 0.05) is 31.9 Å². The molecule has 1 N–H and O–H groups in total. The van der Waals surface area contributed by atoms with Crippen LogP contribution < -0.4 is 10.2 Å². The number of carbonyl (C=O) groups excluding carboxylic acids is 1. The summed E-state index contributed by atoms with van der Waals surface area (Å²) in [5, 5.41) is 17.6. The first-order valence-corrected chi connectivity index (χ1v) is 11.7. The van der Waals surface area contributed by atoms with E-state index in [1.54, 1.807) is 24.0 Å². The van der Waals surface area contributed by atoms with Crippen molar-refractivity contribution in [1.82, 2.24) is 24.9 Å². The van der Waals surface area contributed by atoms with Gasteiger partial charge in [-0.3, -0.25) is 0 Å². The molecule has 1 fully saturated rings. The molecular weight excluding hydrogens is 445 g/mol. The number of hydrogen-bond donors (Lipinski definition) is 1. The van der Waals surface area contributed by atoms with Gasteiger partial charge in [0.2, 0.25) is 0 Å². The van der Waals surface area contributed by atoms with Gasteiger partial charge in [-0.15, -0.1) is 5.10 Å². The number of aryl methyl sites for hydroxylation is 4. The first-order valence-electron chi connectivity index (χ1n) is 11.7. The van der Waals surface area contributed by atoms with Gasteiger partial charge in [-0.25, -0.2) is 13.9 Å². The van der Waals surface area contributed by atoms with E-state index in [9.17, 15) is 9.18 Å². The maximum atomic E-state index is 13.8. The van der Waals surface area contributed by atoms with Crippen molar-refractivity contribution in [2.45, 2.75) is 27.7 Å². The van der Waals surface area contributed by atoms with Crippen LogP contribution in [0, 0.1) is 33.5 Å². The van der Waals surface area contributed by atoms with Crippen LogP contribution in [-0.2, 0) is 0 Å². The molecule has 0 atom stereocenters. The quantitative estimate of drug-likeness (QED) is 0.473. The Hall–Kier alpha value is -4.01. The molecule has 2 aromatic carbocycles. The summed E-state index contributed by atoms with van der Waals surface area (Å²) in [4.78, 5) is 16.6. The fourth-order valence-corrected chi connectivity index (χ4v) is 4.46. The summed E-state index contributed by atoms with van der Waals surface area (Å²) >= 11 is 0. The SMILES string of the molecule is Cc1ccc(-n2nc3c(N4CCN(C(=O)Nc5ccc(C)c(F)c5)CC4)nnc(C)c3c2C)cc1. The average Bonchev–Trinajstić information content (AvgIpc) is 3.20. The van der Waals surface area contributed by atoms with Gasteiger partial charge in [-0.05, 0) is 57.5 Å². The third-order valence-corrected chi connectivity index (χ3v) is 6.55. The molecule has 9 heteroatoms. The number of halogens is 1. The Morgan fingerprint density at radius 1 is 0.943 bits per heavy atom. The minimum atomic E-state index is -0.338. The largest absolute Gasteiger partial charge is 0.350 e. The number of rotatable bonds is 3. The number of nitrogens with one attached hydrogen (secondary N) is 1. The third kappa shape index (κ3) is 4.29. The lowest BCUT2D eigenvalue weighted by molar-refractivity contribution is 0.208. The molecule has 0 spiro atoms. The van der Waals surface area contributed by atoms with Crippen molar-refractivity contribution in [2.24, 2.45) is 0 Å². The van der Waals surface area contributed by atoms with Crippen molar-refractivity contribution in [2.75, 3.05) is 36.4 Å². The standard InChI is InChI=1S/C26H28FN7O/c1-16-5-9-21(10-6-16)34-19(4)23-18(3)29-30-25(24(23)31-34)32-11-13-33(14-12-32)26(35)28-20-8-7-17(2)22(27)15-20/h5-10,15H,11-14H2,1-4H3,(H,28,35). The fraction of sp³-hybridized carbons (Fsp3) is 0.308. The molecule has 0 radical (unpaired) electrons. The second-order valence-electron chi connectivity index (χ2n) is 9.03. The van der Waals surface area contributed by atoms with Crippen LogP contribution in [0.1, 0.15) is 22.5 Å². The average molecular weight is 474 g/mol. The smallest absolute Gasteiger partial charge is 0.321 e. The van der Waals surface area contributed by atoms with Gasteiger partial charge >= 0.3 is 6.03 Å². The molecule has 1 aliphatic rings. The highest BCUT2D eigenvalue weighted by Gasteiger charge is 2.26. The van der Waals surface area contributed by atoms with Crippen LogP contribution >= 0.6 is 0 Å². The lowest BCUT2D eigenvalue weighted by Gasteiger charge is -2.35. The van der Waals surface area contributed by atoms with Gasteiger partial charge in [0.1, 0.15) is 11.3 Å². The Balaban J connectivity index is 1.35. The summed E-state index contributed by atoms with van der Waals surface area (Å²) in [7, 11) is 0. The molecule has 2 amide bonds. The van der Waals surface area contributed by atoms with E-state index in [1.165, 1.54) is 11.6 Å². The third-order valence-electron chi connectivity index (χ3n) is 6.55.